The Hall–Kier alpha value is -1.68. The Labute approximate surface area is 180 Å². The van der Waals surface area contributed by atoms with Gasteiger partial charge >= 0.3 is 0 Å². The van der Waals surface area contributed by atoms with Crippen LogP contribution in [0.5, 0.6) is 0 Å². The van der Waals surface area contributed by atoms with Crippen LogP contribution in [0.4, 0.5) is 0 Å². The van der Waals surface area contributed by atoms with Crippen molar-refractivity contribution >= 4 is 16.0 Å². The zero-order valence-electron chi connectivity index (χ0n) is 18.0. The molecule has 0 bridgehead atoms. The third-order valence-corrected chi connectivity index (χ3v) is 6.84. The minimum Gasteiger partial charge on any atom is -0.379 e. The van der Waals surface area contributed by atoms with Gasteiger partial charge in [0.1, 0.15) is 0 Å². The first kappa shape index (κ1) is 23.0. The fraction of sp³-hybridized carbons (Fsp3) is 0.667. The first-order chi connectivity index (χ1) is 14.5. The summed E-state index contributed by atoms with van der Waals surface area (Å²) in [7, 11) is 0.202. The van der Waals surface area contributed by atoms with Gasteiger partial charge in [-0.1, -0.05) is 12.1 Å². The molecule has 0 spiro atoms. The van der Waals surface area contributed by atoms with E-state index in [0.717, 1.165) is 43.4 Å². The molecular formula is C21H34N4O4S. The number of nitrogens with one attached hydrogen (secondary N) is 2. The highest BCUT2D eigenvalue weighted by atomic mass is 32.2. The molecule has 3 rings (SSSR count). The van der Waals surface area contributed by atoms with Gasteiger partial charge in [0.15, 0.2) is 5.96 Å². The lowest BCUT2D eigenvalue weighted by Crippen LogP contribution is -2.40. The Morgan fingerprint density at radius 1 is 1.27 bits per heavy atom. The van der Waals surface area contributed by atoms with Crippen molar-refractivity contribution in [1.29, 1.82) is 0 Å². The van der Waals surface area contributed by atoms with Crippen LogP contribution in [0.2, 0.25) is 0 Å². The molecule has 2 N–H and O–H groups in total. The second kappa shape index (κ2) is 11.1. The maximum atomic E-state index is 12.5. The molecule has 0 aromatic heterocycles. The maximum Gasteiger partial charge on any atom is 0.240 e. The Morgan fingerprint density at radius 3 is 2.67 bits per heavy atom. The second-order valence-electron chi connectivity index (χ2n) is 7.97. The number of ether oxygens (including phenoxy) is 2. The Morgan fingerprint density at radius 2 is 2.03 bits per heavy atom. The van der Waals surface area contributed by atoms with E-state index in [1.54, 1.807) is 19.2 Å². The van der Waals surface area contributed by atoms with Gasteiger partial charge in [-0.05, 0) is 49.3 Å². The van der Waals surface area contributed by atoms with E-state index in [-0.39, 0.29) is 11.0 Å². The Balaban J connectivity index is 1.43. The molecule has 1 aromatic carbocycles. The maximum absolute atomic E-state index is 12.5. The fourth-order valence-corrected chi connectivity index (χ4v) is 4.35. The number of hydrogen-bond acceptors (Lipinski definition) is 5. The highest BCUT2D eigenvalue weighted by Crippen LogP contribution is 2.28. The Bertz CT molecular complexity index is 788. The summed E-state index contributed by atoms with van der Waals surface area (Å²) < 4.78 is 38.7. The quantitative estimate of drug-likeness (QED) is 0.310. The summed E-state index contributed by atoms with van der Waals surface area (Å²) in [6, 6.07) is 6.90. The third kappa shape index (κ3) is 7.23. The van der Waals surface area contributed by atoms with E-state index in [1.165, 1.54) is 12.8 Å². The Kier molecular flexibility index (Phi) is 8.50. The van der Waals surface area contributed by atoms with Crippen molar-refractivity contribution in [3.05, 3.63) is 29.8 Å². The molecule has 8 nitrogen and oxygen atoms in total. The molecule has 1 heterocycles. The summed E-state index contributed by atoms with van der Waals surface area (Å²) in [5.74, 6) is 1.55. The molecule has 1 atom stereocenters. The minimum absolute atomic E-state index is 0.0221. The van der Waals surface area contributed by atoms with Crippen LogP contribution < -0.4 is 10.0 Å². The van der Waals surface area contributed by atoms with Gasteiger partial charge < -0.3 is 19.7 Å². The van der Waals surface area contributed by atoms with E-state index in [4.69, 9.17) is 9.47 Å². The molecule has 168 valence electrons. The van der Waals surface area contributed by atoms with Gasteiger partial charge in [0, 0.05) is 46.9 Å². The molecule has 9 heteroatoms. The standard InChI is InChI=1S/C21H34N4O4S/c1-22-21(25(2)11-13-28-16-18-5-6-18)23-14-17-7-9-20(10-8-17)30(26,27)24-15-19-4-3-12-29-19/h7-10,18-19,24H,3-6,11-16H2,1-2H3,(H,22,23). The van der Waals surface area contributed by atoms with Crippen molar-refractivity contribution < 1.29 is 17.9 Å². The van der Waals surface area contributed by atoms with E-state index in [2.05, 4.69) is 15.0 Å². The van der Waals surface area contributed by atoms with E-state index < -0.39 is 10.0 Å². The molecule has 2 aliphatic rings. The number of rotatable bonds is 11. The summed E-state index contributed by atoms with van der Waals surface area (Å²) >= 11 is 0. The lowest BCUT2D eigenvalue weighted by atomic mass is 10.2. The van der Waals surface area contributed by atoms with Crippen LogP contribution in [0.25, 0.3) is 0 Å². The zero-order chi connectivity index (χ0) is 21.4. The molecule has 2 fully saturated rings. The number of nitrogens with zero attached hydrogens (tertiary/aromatic N) is 2. The van der Waals surface area contributed by atoms with Gasteiger partial charge in [0.2, 0.25) is 10.0 Å². The molecule has 0 amide bonds. The number of guanidine groups is 1. The van der Waals surface area contributed by atoms with Crippen LogP contribution in [0.15, 0.2) is 34.2 Å². The summed E-state index contributed by atoms with van der Waals surface area (Å²) in [5.41, 5.74) is 0.979. The highest BCUT2D eigenvalue weighted by Gasteiger charge is 2.21. The van der Waals surface area contributed by atoms with Crippen molar-refractivity contribution in [2.45, 2.75) is 43.2 Å². The summed E-state index contributed by atoms with van der Waals surface area (Å²) in [6.45, 7) is 3.89. The fourth-order valence-electron chi connectivity index (χ4n) is 3.29. The average molecular weight is 439 g/mol. The van der Waals surface area contributed by atoms with Gasteiger partial charge in [0.05, 0.1) is 17.6 Å². The van der Waals surface area contributed by atoms with Crippen LogP contribution in [-0.2, 0) is 26.0 Å². The summed E-state index contributed by atoms with van der Waals surface area (Å²) in [4.78, 5) is 6.60. The lowest BCUT2D eigenvalue weighted by Gasteiger charge is -2.22. The first-order valence-corrected chi connectivity index (χ1v) is 12.2. The second-order valence-corrected chi connectivity index (χ2v) is 9.74. The normalized spacial score (nSPS) is 19.8. The van der Waals surface area contributed by atoms with Gasteiger partial charge in [0.25, 0.3) is 0 Å². The summed E-state index contributed by atoms with van der Waals surface area (Å²) in [6.07, 6.45) is 4.45. The third-order valence-electron chi connectivity index (χ3n) is 5.40. The van der Waals surface area contributed by atoms with Crippen LogP contribution in [0.3, 0.4) is 0 Å². The number of aliphatic imine (C=N–C) groups is 1. The largest absolute Gasteiger partial charge is 0.379 e. The van der Waals surface area contributed by atoms with Gasteiger partial charge in [-0.25, -0.2) is 13.1 Å². The summed E-state index contributed by atoms with van der Waals surface area (Å²) in [5, 5.41) is 3.31. The van der Waals surface area contributed by atoms with E-state index in [9.17, 15) is 8.42 Å². The van der Waals surface area contributed by atoms with Gasteiger partial charge in [-0.2, -0.15) is 0 Å². The SMILES string of the molecule is CN=C(NCc1ccc(S(=O)(=O)NCC2CCCO2)cc1)N(C)CCOCC1CC1. The molecular weight excluding hydrogens is 404 g/mol. The number of benzene rings is 1. The molecule has 1 saturated heterocycles. The predicted molar refractivity (Wildman–Crippen MR) is 117 cm³/mol. The van der Waals surface area contributed by atoms with Crippen molar-refractivity contribution in [1.82, 2.24) is 14.9 Å². The first-order valence-electron chi connectivity index (χ1n) is 10.7. The molecule has 1 unspecified atom stereocenters. The van der Waals surface area contributed by atoms with Crippen molar-refractivity contribution in [3.8, 4) is 0 Å². The molecule has 1 saturated carbocycles. The van der Waals surface area contributed by atoms with Crippen LogP contribution in [-0.4, -0.2) is 72.4 Å². The molecule has 30 heavy (non-hydrogen) atoms. The number of likely N-dealkylation sites (N-methyl/N-ethyl adjacent to an activating group) is 1. The van der Waals surface area contributed by atoms with Crippen LogP contribution in [0.1, 0.15) is 31.2 Å². The van der Waals surface area contributed by atoms with E-state index in [1.807, 2.05) is 24.1 Å². The predicted octanol–water partition coefficient (Wildman–Crippen LogP) is 1.58. The van der Waals surface area contributed by atoms with Gasteiger partial charge in [-0.3, -0.25) is 4.99 Å². The number of hydrogen-bond donors (Lipinski definition) is 2. The topological polar surface area (TPSA) is 92.3 Å². The van der Waals surface area contributed by atoms with Crippen molar-refractivity contribution in [2.24, 2.45) is 10.9 Å². The minimum atomic E-state index is -3.52. The van der Waals surface area contributed by atoms with Crippen LogP contribution in [0, 0.1) is 5.92 Å². The van der Waals surface area contributed by atoms with Crippen molar-refractivity contribution in [3.63, 3.8) is 0 Å². The zero-order valence-corrected chi connectivity index (χ0v) is 18.8. The lowest BCUT2D eigenvalue weighted by molar-refractivity contribution is 0.114. The molecule has 1 aromatic rings. The smallest absolute Gasteiger partial charge is 0.240 e. The molecule has 1 aliphatic heterocycles. The number of sulfonamides is 1. The van der Waals surface area contributed by atoms with E-state index in [0.29, 0.717) is 26.3 Å². The molecule has 0 radical (unpaired) electrons. The average Bonchev–Trinajstić information content (AvgIpc) is 3.42. The van der Waals surface area contributed by atoms with Crippen LogP contribution >= 0.6 is 0 Å². The van der Waals surface area contributed by atoms with E-state index >= 15 is 0 Å². The van der Waals surface area contributed by atoms with Crippen molar-refractivity contribution in [2.75, 3.05) is 47.0 Å². The molecule has 1 aliphatic carbocycles. The highest BCUT2D eigenvalue weighted by molar-refractivity contribution is 7.89. The monoisotopic (exact) mass is 438 g/mol. The van der Waals surface area contributed by atoms with Gasteiger partial charge in [-0.15, -0.1) is 0 Å².